The molecule has 2 aliphatic heterocycles. The number of aryl methyl sites for hydroxylation is 3. The first-order chi connectivity index (χ1) is 16.9. The predicted octanol–water partition coefficient (Wildman–Crippen LogP) is 2.51. The van der Waals surface area contributed by atoms with E-state index in [1.165, 1.54) is 11.1 Å². The summed E-state index contributed by atoms with van der Waals surface area (Å²) in [6, 6.07) is 14.6. The maximum atomic E-state index is 12.9. The Kier molecular flexibility index (Phi) is 8.55. The zero-order chi connectivity index (χ0) is 24.8. The Bertz CT molecular complexity index is 1000. The summed E-state index contributed by atoms with van der Waals surface area (Å²) in [4.78, 5) is 34.3. The molecule has 35 heavy (non-hydrogen) atoms. The quantitative estimate of drug-likeness (QED) is 0.664. The molecule has 2 heterocycles. The zero-order valence-electron chi connectivity index (χ0n) is 21.4. The molecule has 0 atom stereocenters. The molecule has 7 heteroatoms. The van der Waals surface area contributed by atoms with Crippen molar-refractivity contribution in [3.05, 3.63) is 64.7 Å². The number of nitrogens with one attached hydrogen (secondary N) is 1. The van der Waals surface area contributed by atoms with E-state index in [9.17, 15) is 9.59 Å². The second-order valence-corrected chi connectivity index (χ2v) is 9.95. The Morgan fingerprint density at radius 3 is 1.86 bits per heavy atom. The molecule has 7 nitrogen and oxygen atoms in total. The molecular weight excluding hydrogens is 438 g/mol. The van der Waals surface area contributed by atoms with Gasteiger partial charge in [0.05, 0.1) is 13.1 Å². The molecule has 0 spiro atoms. The molecule has 0 aromatic heterocycles. The second kappa shape index (κ2) is 11.8. The van der Waals surface area contributed by atoms with Crippen LogP contribution < -0.4 is 5.32 Å². The van der Waals surface area contributed by atoms with Crippen molar-refractivity contribution in [2.45, 2.75) is 27.3 Å². The fraction of sp³-hybridized carbons (Fsp3) is 0.500. The molecule has 2 aliphatic rings. The summed E-state index contributed by atoms with van der Waals surface area (Å²) in [6.07, 6.45) is 0. The Morgan fingerprint density at radius 2 is 1.23 bits per heavy atom. The molecular formula is C28H39N5O2. The van der Waals surface area contributed by atoms with E-state index in [0.717, 1.165) is 75.7 Å². The van der Waals surface area contributed by atoms with Gasteiger partial charge in [0.25, 0.3) is 0 Å². The molecule has 0 bridgehead atoms. The first kappa shape index (κ1) is 25.4. The Balaban J connectivity index is 1.16. The molecule has 4 rings (SSSR count). The van der Waals surface area contributed by atoms with Crippen LogP contribution in [0.1, 0.15) is 22.3 Å². The largest absolute Gasteiger partial charge is 0.339 e. The molecule has 1 N–H and O–H groups in total. The minimum Gasteiger partial charge on any atom is -0.339 e. The van der Waals surface area contributed by atoms with Gasteiger partial charge in [0, 0.05) is 64.6 Å². The standard InChI is InChI=1S/C28H39N5O2/c1-22-7-4-5-10-25(22)19-30-15-17-33(18-16-30)27(35)21-32-13-11-31(12-14-32)20-26(34)29-28-23(2)8-6-9-24(28)3/h4-10H,11-21H2,1-3H3,(H,29,34). The first-order valence-electron chi connectivity index (χ1n) is 12.7. The molecule has 0 radical (unpaired) electrons. The van der Waals surface area contributed by atoms with Crippen molar-refractivity contribution in [1.82, 2.24) is 19.6 Å². The molecule has 188 valence electrons. The van der Waals surface area contributed by atoms with Crippen molar-refractivity contribution in [2.75, 3.05) is 70.8 Å². The van der Waals surface area contributed by atoms with Crippen molar-refractivity contribution in [3.8, 4) is 0 Å². The normalized spacial score (nSPS) is 18.0. The van der Waals surface area contributed by atoms with Crippen LogP contribution in [-0.2, 0) is 16.1 Å². The van der Waals surface area contributed by atoms with E-state index in [4.69, 9.17) is 0 Å². The lowest BCUT2D eigenvalue weighted by Crippen LogP contribution is -2.54. The highest BCUT2D eigenvalue weighted by atomic mass is 16.2. The van der Waals surface area contributed by atoms with E-state index in [1.54, 1.807) is 0 Å². The summed E-state index contributed by atoms with van der Waals surface area (Å²) in [7, 11) is 0. The van der Waals surface area contributed by atoms with Gasteiger partial charge in [-0.2, -0.15) is 0 Å². The van der Waals surface area contributed by atoms with E-state index in [1.807, 2.05) is 36.9 Å². The van der Waals surface area contributed by atoms with Gasteiger partial charge in [0.2, 0.25) is 11.8 Å². The fourth-order valence-corrected chi connectivity index (χ4v) is 4.97. The van der Waals surface area contributed by atoms with Gasteiger partial charge in [-0.05, 0) is 43.0 Å². The molecule has 0 aliphatic carbocycles. The Hall–Kier alpha value is -2.74. The van der Waals surface area contributed by atoms with Gasteiger partial charge in [-0.25, -0.2) is 0 Å². The number of piperazine rings is 2. The van der Waals surface area contributed by atoms with Crippen LogP contribution in [0.15, 0.2) is 42.5 Å². The van der Waals surface area contributed by atoms with Gasteiger partial charge in [0.15, 0.2) is 0 Å². The number of hydrogen-bond donors (Lipinski definition) is 1. The van der Waals surface area contributed by atoms with Crippen molar-refractivity contribution in [3.63, 3.8) is 0 Å². The number of rotatable bonds is 7. The molecule has 2 fully saturated rings. The number of carbonyl (C=O) groups is 2. The predicted molar refractivity (Wildman–Crippen MR) is 140 cm³/mol. The van der Waals surface area contributed by atoms with Crippen LogP contribution >= 0.6 is 0 Å². The van der Waals surface area contributed by atoms with Crippen molar-refractivity contribution < 1.29 is 9.59 Å². The van der Waals surface area contributed by atoms with E-state index in [-0.39, 0.29) is 11.8 Å². The summed E-state index contributed by atoms with van der Waals surface area (Å²) in [5.74, 6) is 0.247. The number of nitrogens with zero attached hydrogens (tertiary/aromatic N) is 4. The highest BCUT2D eigenvalue weighted by Gasteiger charge is 2.25. The van der Waals surface area contributed by atoms with Gasteiger partial charge < -0.3 is 10.2 Å². The zero-order valence-corrected chi connectivity index (χ0v) is 21.4. The van der Waals surface area contributed by atoms with Crippen molar-refractivity contribution in [2.24, 2.45) is 0 Å². The average molecular weight is 478 g/mol. The fourth-order valence-electron chi connectivity index (χ4n) is 4.97. The Morgan fingerprint density at radius 1 is 0.686 bits per heavy atom. The second-order valence-electron chi connectivity index (χ2n) is 9.95. The van der Waals surface area contributed by atoms with E-state index < -0.39 is 0 Å². The molecule has 2 saturated heterocycles. The minimum absolute atomic E-state index is 0.0236. The SMILES string of the molecule is Cc1ccccc1CN1CCN(C(=O)CN2CCN(CC(=O)Nc3c(C)cccc3C)CC2)CC1. The topological polar surface area (TPSA) is 59.1 Å². The summed E-state index contributed by atoms with van der Waals surface area (Å²) in [5.41, 5.74) is 5.77. The number of anilines is 1. The van der Waals surface area contributed by atoms with Gasteiger partial charge in [-0.15, -0.1) is 0 Å². The highest BCUT2D eigenvalue weighted by Crippen LogP contribution is 2.19. The lowest BCUT2D eigenvalue weighted by atomic mass is 10.1. The van der Waals surface area contributed by atoms with E-state index in [0.29, 0.717) is 13.1 Å². The third-order valence-corrected chi connectivity index (χ3v) is 7.32. The molecule has 2 amide bonds. The van der Waals surface area contributed by atoms with Crippen LogP contribution in [0.2, 0.25) is 0 Å². The van der Waals surface area contributed by atoms with Gasteiger partial charge >= 0.3 is 0 Å². The summed E-state index contributed by atoms with van der Waals surface area (Å²) in [6.45, 7) is 14.7. The van der Waals surface area contributed by atoms with Gasteiger partial charge in [-0.1, -0.05) is 42.5 Å². The first-order valence-corrected chi connectivity index (χ1v) is 12.7. The number of hydrogen-bond acceptors (Lipinski definition) is 5. The van der Waals surface area contributed by atoms with Gasteiger partial charge in [0.1, 0.15) is 0 Å². The molecule has 0 saturated carbocycles. The summed E-state index contributed by atoms with van der Waals surface area (Å²) < 4.78 is 0. The van der Waals surface area contributed by atoms with Crippen molar-refractivity contribution in [1.29, 1.82) is 0 Å². The number of carbonyl (C=O) groups excluding carboxylic acids is 2. The lowest BCUT2D eigenvalue weighted by molar-refractivity contribution is -0.135. The summed E-state index contributed by atoms with van der Waals surface area (Å²) >= 11 is 0. The smallest absolute Gasteiger partial charge is 0.238 e. The third-order valence-electron chi connectivity index (χ3n) is 7.32. The van der Waals surface area contributed by atoms with Crippen molar-refractivity contribution >= 4 is 17.5 Å². The average Bonchev–Trinajstić information content (AvgIpc) is 2.85. The van der Waals surface area contributed by atoms with E-state index >= 15 is 0 Å². The van der Waals surface area contributed by atoms with Crippen LogP contribution in [0.5, 0.6) is 0 Å². The maximum Gasteiger partial charge on any atom is 0.238 e. The number of amides is 2. The molecule has 0 unspecified atom stereocenters. The highest BCUT2D eigenvalue weighted by molar-refractivity contribution is 5.93. The maximum absolute atomic E-state index is 12.9. The van der Waals surface area contributed by atoms with Crippen LogP contribution in [0, 0.1) is 20.8 Å². The number of para-hydroxylation sites is 1. The van der Waals surface area contributed by atoms with E-state index in [2.05, 4.69) is 51.2 Å². The molecule has 2 aromatic carbocycles. The van der Waals surface area contributed by atoms with Crippen LogP contribution in [-0.4, -0.2) is 96.9 Å². The van der Waals surface area contributed by atoms with Crippen LogP contribution in [0.3, 0.4) is 0 Å². The molecule has 2 aromatic rings. The summed E-state index contributed by atoms with van der Waals surface area (Å²) in [5, 5.41) is 3.08. The monoisotopic (exact) mass is 477 g/mol. The third kappa shape index (κ3) is 6.90. The van der Waals surface area contributed by atoms with Crippen LogP contribution in [0.25, 0.3) is 0 Å². The van der Waals surface area contributed by atoms with Gasteiger partial charge in [-0.3, -0.25) is 24.3 Å². The lowest BCUT2D eigenvalue weighted by Gasteiger charge is -2.38. The van der Waals surface area contributed by atoms with Crippen LogP contribution in [0.4, 0.5) is 5.69 Å². The minimum atomic E-state index is 0.0236. The Labute approximate surface area is 209 Å². The number of benzene rings is 2.